The number of ether oxygens (including phenoxy) is 1. The molecule has 0 atom stereocenters. The second kappa shape index (κ2) is 8.89. The van der Waals surface area contributed by atoms with Crippen molar-refractivity contribution in [1.29, 1.82) is 0 Å². The van der Waals surface area contributed by atoms with E-state index in [0.717, 1.165) is 29.4 Å². The van der Waals surface area contributed by atoms with Crippen molar-refractivity contribution in [3.05, 3.63) is 30.6 Å². The summed E-state index contributed by atoms with van der Waals surface area (Å²) < 4.78 is 7.29. The standard InChI is InChI=1S/C18H24N4O2S/c1-24-16-10-6-5-9-15(16)22-13-19-21-18(22)25-12-11-17(23)20-14-7-3-2-4-8-14/h5-6,9-10,13-14H,2-4,7-8,11-12H2,1H3,(H,20,23). The van der Waals surface area contributed by atoms with Gasteiger partial charge in [-0.05, 0) is 25.0 Å². The van der Waals surface area contributed by atoms with Gasteiger partial charge in [-0.25, -0.2) is 0 Å². The van der Waals surface area contributed by atoms with E-state index in [1.54, 1.807) is 13.4 Å². The van der Waals surface area contributed by atoms with Crippen LogP contribution in [0.25, 0.3) is 5.69 Å². The Morgan fingerprint density at radius 1 is 1.32 bits per heavy atom. The number of nitrogens with one attached hydrogen (secondary N) is 1. The number of carbonyl (C=O) groups is 1. The van der Waals surface area contributed by atoms with Gasteiger partial charge in [-0.3, -0.25) is 9.36 Å². The smallest absolute Gasteiger partial charge is 0.221 e. The first-order chi connectivity index (χ1) is 12.3. The lowest BCUT2D eigenvalue weighted by atomic mass is 9.95. The van der Waals surface area contributed by atoms with Crippen molar-refractivity contribution in [2.75, 3.05) is 12.9 Å². The van der Waals surface area contributed by atoms with E-state index in [0.29, 0.717) is 18.2 Å². The van der Waals surface area contributed by atoms with E-state index >= 15 is 0 Å². The molecule has 6 nitrogen and oxygen atoms in total. The van der Waals surface area contributed by atoms with Crippen LogP contribution in [-0.4, -0.2) is 39.6 Å². The van der Waals surface area contributed by atoms with Gasteiger partial charge in [-0.2, -0.15) is 0 Å². The largest absolute Gasteiger partial charge is 0.495 e. The number of carbonyl (C=O) groups excluding carboxylic acids is 1. The van der Waals surface area contributed by atoms with Gasteiger partial charge < -0.3 is 10.1 Å². The highest BCUT2D eigenvalue weighted by Crippen LogP contribution is 2.26. The summed E-state index contributed by atoms with van der Waals surface area (Å²) in [6.45, 7) is 0. The highest BCUT2D eigenvalue weighted by molar-refractivity contribution is 7.99. The van der Waals surface area contributed by atoms with Gasteiger partial charge in [0.25, 0.3) is 0 Å². The topological polar surface area (TPSA) is 69.0 Å². The second-order valence-electron chi connectivity index (χ2n) is 6.16. The number of hydrogen-bond donors (Lipinski definition) is 1. The van der Waals surface area contributed by atoms with Gasteiger partial charge in [0.1, 0.15) is 12.1 Å². The van der Waals surface area contributed by atoms with E-state index in [2.05, 4.69) is 15.5 Å². The zero-order valence-corrected chi connectivity index (χ0v) is 15.3. The molecule has 0 bridgehead atoms. The third kappa shape index (κ3) is 4.75. The summed E-state index contributed by atoms with van der Waals surface area (Å²) in [5.74, 6) is 1.56. The first-order valence-electron chi connectivity index (χ1n) is 8.73. The summed E-state index contributed by atoms with van der Waals surface area (Å²) in [5, 5.41) is 12.1. The third-order valence-electron chi connectivity index (χ3n) is 4.39. The van der Waals surface area contributed by atoms with Crippen LogP contribution in [0.4, 0.5) is 0 Å². The summed E-state index contributed by atoms with van der Waals surface area (Å²) in [5.41, 5.74) is 0.893. The SMILES string of the molecule is COc1ccccc1-n1cnnc1SCCC(=O)NC1CCCCC1. The molecule has 134 valence electrons. The molecule has 1 amide bonds. The van der Waals surface area contributed by atoms with Crippen LogP contribution in [-0.2, 0) is 4.79 Å². The number of thioether (sulfide) groups is 1. The third-order valence-corrected chi connectivity index (χ3v) is 5.34. The van der Waals surface area contributed by atoms with Crippen LogP contribution in [0.5, 0.6) is 5.75 Å². The number of rotatable bonds is 7. The molecule has 1 aromatic carbocycles. The lowest BCUT2D eigenvalue weighted by Crippen LogP contribution is -2.36. The van der Waals surface area contributed by atoms with E-state index in [-0.39, 0.29) is 5.91 Å². The Kier molecular flexibility index (Phi) is 6.33. The second-order valence-corrected chi connectivity index (χ2v) is 7.22. The van der Waals surface area contributed by atoms with Crippen molar-refractivity contribution in [2.45, 2.75) is 49.7 Å². The monoisotopic (exact) mass is 360 g/mol. The van der Waals surface area contributed by atoms with Crippen LogP contribution < -0.4 is 10.1 Å². The summed E-state index contributed by atoms with van der Waals surface area (Å²) in [6.07, 6.45) is 8.12. The zero-order chi connectivity index (χ0) is 17.5. The molecule has 1 heterocycles. The molecule has 2 aromatic rings. The minimum atomic E-state index is 0.128. The summed E-state index contributed by atoms with van der Waals surface area (Å²) >= 11 is 1.53. The molecule has 3 rings (SSSR count). The Labute approximate surface area is 152 Å². The number of aromatic nitrogens is 3. The van der Waals surface area contributed by atoms with E-state index in [9.17, 15) is 4.79 Å². The van der Waals surface area contributed by atoms with Crippen molar-refractivity contribution in [1.82, 2.24) is 20.1 Å². The number of benzene rings is 1. The minimum absolute atomic E-state index is 0.128. The van der Waals surface area contributed by atoms with Crippen LogP contribution in [0.15, 0.2) is 35.7 Å². The number of methoxy groups -OCH3 is 1. The number of hydrogen-bond acceptors (Lipinski definition) is 5. The molecule has 1 N–H and O–H groups in total. The van der Waals surface area contributed by atoms with Crippen LogP contribution in [0, 0.1) is 0 Å². The van der Waals surface area contributed by atoms with Crippen molar-refractivity contribution in [2.24, 2.45) is 0 Å². The van der Waals surface area contributed by atoms with E-state index < -0.39 is 0 Å². The van der Waals surface area contributed by atoms with Crippen molar-refractivity contribution in [3.63, 3.8) is 0 Å². The lowest BCUT2D eigenvalue weighted by Gasteiger charge is -2.22. The van der Waals surface area contributed by atoms with Crippen molar-refractivity contribution < 1.29 is 9.53 Å². The van der Waals surface area contributed by atoms with Crippen LogP contribution in [0.2, 0.25) is 0 Å². The minimum Gasteiger partial charge on any atom is -0.495 e. The van der Waals surface area contributed by atoms with Crippen LogP contribution in [0.3, 0.4) is 0 Å². The van der Waals surface area contributed by atoms with Gasteiger partial charge >= 0.3 is 0 Å². The molecular weight excluding hydrogens is 336 g/mol. The van der Waals surface area contributed by atoms with E-state index in [1.807, 2.05) is 28.8 Å². The molecule has 0 unspecified atom stereocenters. The molecule has 7 heteroatoms. The summed E-state index contributed by atoms with van der Waals surface area (Å²) in [7, 11) is 1.64. The summed E-state index contributed by atoms with van der Waals surface area (Å²) in [4.78, 5) is 12.1. The molecule has 0 spiro atoms. The molecule has 1 aliphatic carbocycles. The molecule has 25 heavy (non-hydrogen) atoms. The van der Waals surface area contributed by atoms with Crippen molar-refractivity contribution in [3.8, 4) is 11.4 Å². The average molecular weight is 360 g/mol. The highest BCUT2D eigenvalue weighted by atomic mass is 32.2. The molecule has 1 saturated carbocycles. The molecule has 0 radical (unpaired) electrons. The summed E-state index contributed by atoms with van der Waals surface area (Å²) in [6, 6.07) is 8.10. The molecule has 1 aromatic heterocycles. The van der Waals surface area contributed by atoms with E-state index in [1.165, 1.54) is 31.0 Å². The quantitative estimate of drug-likeness (QED) is 0.768. The average Bonchev–Trinajstić information content (AvgIpc) is 3.11. The Hall–Kier alpha value is -2.02. The molecular formula is C18H24N4O2S. The lowest BCUT2D eigenvalue weighted by molar-refractivity contribution is -0.121. The van der Waals surface area contributed by atoms with Gasteiger partial charge in [0.2, 0.25) is 5.91 Å². The van der Waals surface area contributed by atoms with Gasteiger partial charge in [0.05, 0.1) is 12.8 Å². The van der Waals surface area contributed by atoms with E-state index in [4.69, 9.17) is 4.74 Å². The normalized spacial score (nSPS) is 15.1. The fraction of sp³-hybridized carbons (Fsp3) is 0.500. The maximum atomic E-state index is 12.1. The predicted octanol–water partition coefficient (Wildman–Crippen LogP) is 3.21. The number of nitrogens with zero attached hydrogens (tertiary/aromatic N) is 3. The fourth-order valence-corrected chi connectivity index (χ4v) is 3.96. The first kappa shape index (κ1) is 17.8. The Bertz CT molecular complexity index is 698. The van der Waals surface area contributed by atoms with Crippen LogP contribution >= 0.6 is 11.8 Å². The predicted molar refractivity (Wildman–Crippen MR) is 98.3 cm³/mol. The van der Waals surface area contributed by atoms with Gasteiger partial charge in [-0.1, -0.05) is 43.2 Å². The fourth-order valence-electron chi connectivity index (χ4n) is 3.10. The Morgan fingerprint density at radius 2 is 2.12 bits per heavy atom. The molecule has 1 fully saturated rings. The molecule has 1 aliphatic rings. The van der Waals surface area contributed by atoms with Gasteiger partial charge in [0.15, 0.2) is 5.16 Å². The van der Waals surface area contributed by atoms with Gasteiger partial charge in [0, 0.05) is 18.2 Å². The number of para-hydroxylation sites is 2. The maximum Gasteiger partial charge on any atom is 0.221 e. The molecule has 0 saturated heterocycles. The van der Waals surface area contributed by atoms with Gasteiger partial charge in [-0.15, -0.1) is 10.2 Å². The Balaban J connectivity index is 1.54. The number of amides is 1. The zero-order valence-electron chi connectivity index (χ0n) is 14.5. The van der Waals surface area contributed by atoms with Crippen molar-refractivity contribution >= 4 is 17.7 Å². The first-order valence-corrected chi connectivity index (χ1v) is 9.72. The maximum absolute atomic E-state index is 12.1. The molecule has 0 aliphatic heterocycles. The Morgan fingerprint density at radius 3 is 2.92 bits per heavy atom. The van der Waals surface area contributed by atoms with Crippen LogP contribution in [0.1, 0.15) is 38.5 Å². The highest BCUT2D eigenvalue weighted by Gasteiger charge is 2.16.